The van der Waals surface area contributed by atoms with Crippen LogP contribution < -0.4 is 0 Å². The van der Waals surface area contributed by atoms with Gasteiger partial charge in [0.1, 0.15) is 30.5 Å². The summed E-state index contributed by atoms with van der Waals surface area (Å²) >= 11 is 0. The Balaban J connectivity index is 2.31. The molecule has 0 aliphatic carbocycles. The SMILES string of the molecule is CCCCCCCCCCCCCCOCC(COC1OC(CO)C(O)C(O)C1O)OC(=O)CCCCC. The largest absolute Gasteiger partial charge is 0.457 e. The number of aliphatic hydroxyl groups excluding tert-OH is 4. The van der Waals surface area contributed by atoms with E-state index in [2.05, 4.69) is 13.8 Å². The van der Waals surface area contributed by atoms with Gasteiger partial charge in [-0.1, -0.05) is 97.3 Å². The van der Waals surface area contributed by atoms with E-state index in [1.54, 1.807) is 0 Å². The van der Waals surface area contributed by atoms with Crippen molar-refractivity contribution in [3.63, 3.8) is 0 Å². The van der Waals surface area contributed by atoms with Crippen molar-refractivity contribution in [3.05, 3.63) is 0 Å². The molecule has 1 saturated heterocycles. The van der Waals surface area contributed by atoms with Crippen molar-refractivity contribution >= 4 is 5.97 Å². The normalized spacial score (nSPS) is 24.4. The van der Waals surface area contributed by atoms with Gasteiger partial charge in [0.15, 0.2) is 6.29 Å². The summed E-state index contributed by atoms with van der Waals surface area (Å²) in [5.41, 5.74) is 0. The van der Waals surface area contributed by atoms with Crippen LogP contribution in [0.3, 0.4) is 0 Å². The Kier molecular flexibility index (Phi) is 21.3. The van der Waals surface area contributed by atoms with Crippen LogP contribution in [-0.4, -0.2) is 89.6 Å². The Hall–Kier alpha value is -0.810. The van der Waals surface area contributed by atoms with Crippen molar-refractivity contribution in [2.75, 3.05) is 26.4 Å². The predicted molar refractivity (Wildman–Crippen MR) is 146 cm³/mol. The lowest BCUT2D eigenvalue weighted by Gasteiger charge is -2.39. The summed E-state index contributed by atoms with van der Waals surface area (Å²) in [6.07, 6.45) is 10.7. The van der Waals surface area contributed by atoms with Crippen LogP contribution in [0.5, 0.6) is 0 Å². The van der Waals surface area contributed by atoms with Gasteiger partial charge in [-0.2, -0.15) is 0 Å². The summed E-state index contributed by atoms with van der Waals surface area (Å²) in [5.74, 6) is -0.338. The van der Waals surface area contributed by atoms with Crippen molar-refractivity contribution < 1.29 is 44.2 Å². The average Bonchev–Trinajstić information content (AvgIpc) is 2.91. The fourth-order valence-corrected chi connectivity index (χ4v) is 4.55. The maximum atomic E-state index is 12.3. The zero-order valence-electron chi connectivity index (χ0n) is 23.9. The highest BCUT2D eigenvalue weighted by atomic mass is 16.7. The third-order valence-electron chi connectivity index (χ3n) is 7.02. The van der Waals surface area contributed by atoms with E-state index in [9.17, 15) is 25.2 Å². The van der Waals surface area contributed by atoms with E-state index in [1.165, 1.54) is 64.2 Å². The predicted octanol–water partition coefficient (Wildman–Crippen LogP) is 4.01. The van der Waals surface area contributed by atoms with Crippen LogP contribution in [0.1, 0.15) is 117 Å². The number of esters is 1. The van der Waals surface area contributed by atoms with Crippen molar-refractivity contribution in [3.8, 4) is 0 Å². The highest BCUT2D eigenvalue weighted by molar-refractivity contribution is 5.69. The minimum absolute atomic E-state index is 0.110. The lowest BCUT2D eigenvalue weighted by molar-refractivity contribution is -0.305. The quantitative estimate of drug-likeness (QED) is 0.104. The summed E-state index contributed by atoms with van der Waals surface area (Å²) in [6.45, 7) is 4.36. The van der Waals surface area contributed by atoms with Crippen LogP contribution >= 0.6 is 0 Å². The van der Waals surface area contributed by atoms with Crippen LogP contribution in [0.2, 0.25) is 0 Å². The van der Waals surface area contributed by atoms with E-state index < -0.39 is 43.4 Å². The Morgan fingerprint density at radius 3 is 1.87 bits per heavy atom. The molecule has 0 bridgehead atoms. The number of unbranched alkanes of at least 4 members (excludes halogenated alkanes) is 13. The van der Waals surface area contributed by atoms with Crippen LogP contribution in [0, 0.1) is 0 Å². The van der Waals surface area contributed by atoms with E-state index in [4.69, 9.17) is 18.9 Å². The Morgan fingerprint density at radius 1 is 0.737 bits per heavy atom. The number of rotatable bonds is 24. The molecule has 4 N–H and O–H groups in total. The lowest BCUT2D eigenvalue weighted by Crippen LogP contribution is -2.59. The molecule has 226 valence electrons. The number of carbonyl (C=O) groups is 1. The summed E-state index contributed by atoms with van der Waals surface area (Å²) < 4.78 is 22.3. The molecule has 1 aliphatic rings. The van der Waals surface area contributed by atoms with Crippen molar-refractivity contribution in [2.24, 2.45) is 0 Å². The maximum Gasteiger partial charge on any atom is 0.306 e. The molecule has 1 rings (SSSR count). The zero-order chi connectivity index (χ0) is 28.0. The maximum absolute atomic E-state index is 12.3. The highest BCUT2D eigenvalue weighted by Crippen LogP contribution is 2.22. The van der Waals surface area contributed by atoms with Gasteiger partial charge in [-0.25, -0.2) is 0 Å². The van der Waals surface area contributed by atoms with Gasteiger partial charge < -0.3 is 39.4 Å². The second kappa shape index (κ2) is 22.9. The number of aliphatic hydroxyl groups is 4. The van der Waals surface area contributed by atoms with Crippen molar-refractivity contribution in [2.45, 2.75) is 153 Å². The van der Waals surface area contributed by atoms with Crippen LogP contribution in [0.25, 0.3) is 0 Å². The molecule has 6 atom stereocenters. The topological polar surface area (TPSA) is 135 Å². The summed E-state index contributed by atoms with van der Waals surface area (Å²) in [4.78, 5) is 12.3. The third kappa shape index (κ3) is 15.7. The fraction of sp³-hybridized carbons (Fsp3) is 0.966. The smallest absolute Gasteiger partial charge is 0.306 e. The van der Waals surface area contributed by atoms with Gasteiger partial charge in [-0.3, -0.25) is 4.79 Å². The van der Waals surface area contributed by atoms with Gasteiger partial charge in [0.05, 0.1) is 19.8 Å². The second-order valence-corrected chi connectivity index (χ2v) is 10.6. The first-order valence-electron chi connectivity index (χ1n) is 15.1. The molecule has 0 aromatic rings. The molecular weight excluding hydrogens is 492 g/mol. The van der Waals surface area contributed by atoms with Gasteiger partial charge in [-0.15, -0.1) is 0 Å². The van der Waals surface area contributed by atoms with Gasteiger partial charge in [0.2, 0.25) is 0 Å². The molecule has 6 unspecified atom stereocenters. The molecule has 0 radical (unpaired) electrons. The average molecular weight is 549 g/mol. The molecule has 0 aromatic carbocycles. The lowest BCUT2D eigenvalue weighted by atomic mass is 9.99. The first-order valence-corrected chi connectivity index (χ1v) is 15.1. The van der Waals surface area contributed by atoms with Gasteiger partial charge in [0, 0.05) is 13.0 Å². The number of hydrogen-bond donors (Lipinski definition) is 4. The van der Waals surface area contributed by atoms with Crippen molar-refractivity contribution in [1.82, 2.24) is 0 Å². The summed E-state index contributed by atoms with van der Waals surface area (Å²) in [5, 5.41) is 39.4. The van der Waals surface area contributed by atoms with Gasteiger partial charge >= 0.3 is 5.97 Å². The molecule has 9 nitrogen and oxygen atoms in total. The van der Waals surface area contributed by atoms with Crippen LogP contribution in [0.4, 0.5) is 0 Å². The van der Waals surface area contributed by atoms with E-state index in [0.29, 0.717) is 13.0 Å². The van der Waals surface area contributed by atoms with Crippen LogP contribution in [0.15, 0.2) is 0 Å². The van der Waals surface area contributed by atoms with E-state index >= 15 is 0 Å². The van der Waals surface area contributed by atoms with E-state index in [0.717, 1.165) is 32.1 Å². The number of carbonyl (C=O) groups excluding carboxylic acids is 1. The molecule has 0 aromatic heterocycles. The molecule has 1 fully saturated rings. The first-order chi connectivity index (χ1) is 18.4. The minimum Gasteiger partial charge on any atom is -0.457 e. The van der Waals surface area contributed by atoms with Gasteiger partial charge in [-0.05, 0) is 12.8 Å². The fourth-order valence-electron chi connectivity index (χ4n) is 4.55. The zero-order valence-corrected chi connectivity index (χ0v) is 23.9. The second-order valence-electron chi connectivity index (χ2n) is 10.6. The minimum atomic E-state index is -1.53. The molecule has 1 heterocycles. The standard InChI is InChI=1S/C29H56O9/c1-3-5-7-8-9-10-11-12-13-14-15-17-19-35-21-23(37-25(31)18-16-6-4-2)22-36-29-28(34)27(33)26(32)24(20-30)38-29/h23-24,26-30,32-34H,3-22H2,1-2H3. The molecule has 0 amide bonds. The highest BCUT2D eigenvalue weighted by Gasteiger charge is 2.44. The van der Waals surface area contributed by atoms with E-state index in [1.807, 2.05) is 0 Å². The monoisotopic (exact) mass is 548 g/mol. The number of hydrogen-bond acceptors (Lipinski definition) is 9. The number of ether oxygens (including phenoxy) is 4. The Labute approximate surface area is 230 Å². The molecule has 0 saturated carbocycles. The Morgan fingerprint density at radius 2 is 1.29 bits per heavy atom. The molecule has 9 heteroatoms. The van der Waals surface area contributed by atoms with E-state index in [-0.39, 0.29) is 19.2 Å². The van der Waals surface area contributed by atoms with Crippen molar-refractivity contribution in [1.29, 1.82) is 0 Å². The molecule has 0 spiro atoms. The molecule has 38 heavy (non-hydrogen) atoms. The Bertz CT molecular complexity index is 560. The molecular formula is C29H56O9. The molecule has 1 aliphatic heterocycles. The first kappa shape index (κ1) is 35.2. The summed E-state index contributed by atoms with van der Waals surface area (Å²) in [7, 11) is 0. The summed E-state index contributed by atoms with van der Waals surface area (Å²) in [6, 6.07) is 0. The van der Waals surface area contributed by atoms with Crippen LogP contribution in [-0.2, 0) is 23.7 Å². The van der Waals surface area contributed by atoms with Gasteiger partial charge in [0.25, 0.3) is 0 Å². The third-order valence-corrected chi connectivity index (χ3v) is 7.02.